The lowest BCUT2D eigenvalue weighted by atomic mass is 9.95. The van der Waals surface area contributed by atoms with E-state index in [0.29, 0.717) is 17.0 Å². The van der Waals surface area contributed by atoms with Crippen LogP contribution in [0.15, 0.2) is 24.5 Å². The van der Waals surface area contributed by atoms with E-state index in [0.717, 1.165) is 38.6 Å². The highest BCUT2D eigenvalue weighted by atomic mass is 32.2. The molecule has 0 aromatic carbocycles. The Morgan fingerprint density at radius 2 is 2.12 bits per heavy atom. The number of rotatable bonds is 9. The van der Waals surface area contributed by atoms with Crippen molar-refractivity contribution in [3.8, 4) is 0 Å². The van der Waals surface area contributed by atoms with Crippen LogP contribution in [-0.4, -0.2) is 44.2 Å². The van der Waals surface area contributed by atoms with Crippen molar-refractivity contribution in [2.45, 2.75) is 63.9 Å². The van der Waals surface area contributed by atoms with Crippen molar-refractivity contribution in [2.75, 3.05) is 12.3 Å². The number of aliphatic hydroxyl groups is 1. The number of thioether (sulfide) groups is 1. The van der Waals surface area contributed by atoms with Crippen LogP contribution in [0.4, 0.5) is 0 Å². The Hall–Kier alpha value is -1.07. The second-order valence-corrected chi connectivity index (χ2v) is 8.67. The van der Waals surface area contributed by atoms with Crippen LogP contribution in [0.25, 0.3) is 0 Å². The highest BCUT2D eigenvalue weighted by Gasteiger charge is 2.32. The zero-order valence-corrected chi connectivity index (χ0v) is 15.9. The van der Waals surface area contributed by atoms with E-state index >= 15 is 0 Å². The average molecular weight is 351 g/mol. The van der Waals surface area contributed by atoms with Gasteiger partial charge in [-0.05, 0) is 56.7 Å². The van der Waals surface area contributed by atoms with Gasteiger partial charge < -0.3 is 10.0 Å². The Balaban J connectivity index is 1.79. The van der Waals surface area contributed by atoms with Crippen molar-refractivity contribution in [1.82, 2.24) is 9.88 Å². The number of aromatic nitrogens is 1. The highest BCUT2D eigenvalue weighted by Crippen LogP contribution is 2.31. The van der Waals surface area contributed by atoms with Crippen LogP contribution >= 0.6 is 11.8 Å². The van der Waals surface area contributed by atoms with E-state index in [9.17, 15) is 9.90 Å². The minimum Gasteiger partial charge on any atom is -0.390 e. The van der Waals surface area contributed by atoms with Gasteiger partial charge in [0, 0.05) is 18.9 Å². The maximum atomic E-state index is 12.2. The Morgan fingerprint density at radius 3 is 2.79 bits per heavy atom. The first-order chi connectivity index (χ1) is 11.3. The predicted octanol–water partition coefficient (Wildman–Crippen LogP) is 3.49. The van der Waals surface area contributed by atoms with Crippen LogP contribution in [0.5, 0.6) is 0 Å². The summed E-state index contributed by atoms with van der Waals surface area (Å²) in [5.74, 6) is 1.44. The highest BCUT2D eigenvalue weighted by molar-refractivity contribution is 8.00. The van der Waals surface area contributed by atoms with E-state index in [1.807, 2.05) is 26.0 Å². The fourth-order valence-electron chi connectivity index (χ4n) is 3.11. The van der Waals surface area contributed by atoms with E-state index in [-0.39, 0.29) is 5.91 Å². The summed E-state index contributed by atoms with van der Waals surface area (Å²) in [6.45, 7) is 6.78. The smallest absolute Gasteiger partial charge is 0.233 e. The van der Waals surface area contributed by atoms with Gasteiger partial charge in [-0.1, -0.05) is 19.8 Å². The van der Waals surface area contributed by atoms with Crippen molar-refractivity contribution < 1.29 is 9.90 Å². The minimum atomic E-state index is -0.575. The number of carbonyl (C=O) groups is 1. The predicted molar refractivity (Wildman–Crippen MR) is 99.8 cm³/mol. The molecule has 2 unspecified atom stereocenters. The molecule has 134 valence electrons. The van der Waals surface area contributed by atoms with E-state index in [2.05, 4.69) is 16.8 Å². The molecule has 2 heterocycles. The zero-order valence-electron chi connectivity index (χ0n) is 15.1. The second kappa shape index (κ2) is 8.86. The van der Waals surface area contributed by atoms with Gasteiger partial charge in [0.1, 0.15) is 0 Å². The van der Waals surface area contributed by atoms with Crippen molar-refractivity contribution >= 4 is 17.7 Å². The summed E-state index contributed by atoms with van der Waals surface area (Å²) >= 11 is 1.78. The lowest BCUT2D eigenvalue weighted by Crippen LogP contribution is -2.35. The van der Waals surface area contributed by atoms with Gasteiger partial charge in [-0.15, -0.1) is 11.8 Å². The molecule has 0 bridgehead atoms. The zero-order chi connectivity index (χ0) is 17.6. The summed E-state index contributed by atoms with van der Waals surface area (Å²) in [5, 5.41) is 10.1. The van der Waals surface area contributed by atoms with Crippen LogP contribution in [0.3, 0.4) is 0 Å². The topological polar surface area (TPSA) is 53.4 Å². The van der Waals surface area contributed by atoms with E-state index in [4.69, 9.17) is 0 Å². The van der Waals surface area contributed by atoms with E-state index in [1.165, 1.54) is 5.56 Å². The molecule has 1 aliphatic rings. The number of pyridine rings is 1. The molecule has 0 spiro atoms. The molecule has 0 saturated carbocycles. The lowest BCUT2D eigenvalue weighted by Gasteiger charge is -2.27. The number of hydrogen-bond acceptors (Lipinski definition) is 4. The maximum absolute atomic E-state index is 12.2. The van der Waals surface area contributed by atoms with Gasteiger partial charge in [-0.2, -0.15) is 0 Å². The third-order valence-corrected chi connectivity index (χ3v) is 5.79. The monoisotopic (exact) mass is 350 g/mol. The molecule has 1 amide bonds. The largest absolute Gasteiger partial charge is 0.390 e. The normalized spacial score (nSPS) is 19.8. The third kappa shape index (κ3) is 6.44. The number of hydrogen-bond donors (Lipinski definition) is 1. The lowest BCUT2D eigenvalue weighted by molar-refractivity contribution is -0.128. The molecule has 24 heavy (non-hydrogen) atoms. The van der Waals surface area contributed by atoms with Gasteiger partial charge in [-0.3, -0.25) is 9.78 Å². The Bertz CT molecular complexity index is 516. The van der Waals surface area contributed by atoms with Gasteiger partial charge in [0.2, 0.25) is 5.91 Å². The Labute approximate surface area is 150 Å². The van der Waals surface area contributed by atoms with Gasteiger partial charge in [0.05, 0.1) is 16.7 Å². The molecule has 1 fully saturated rings. The van der Waals surface area contributed by atoms with Gasteiger partial charge in [0.15, 0.2) is 0 Å². The van der Waals surface area contributed by atoms with Gasteiger partial charge in [-0.25, -0.2) is 0 Å². The molecule has 1 aromatic rings. The van der Waals surface area contributed by atoms with Gasteiger partial charge in [0.25, 0.3) is 0 Å². The summed E-state index contributed by atoms with van der Waals surface area (Å²) in [7, 11) is 0. The Kier molecular flexibility index (Phi) is 7.11. The number of nitrogens with zero attached hydrogens (tertiary/aromatic N) is 2. The molecule has 2 rings (SSSR count). The second-order valence-electron chi connectivity index (χ2n) is 7.50. The fraction of sp³-hybridized carbons (Fsp3) is 0.684. The first-order valence-corrected chi connectivity index (χ1v) is 9.92. The SMILES string of the molecule is CC(CCCC(C)(C)O)CC1SCC(=O)N1CCc1ccncc1. The molecule has 1 saturated heterocycles. The summed E-state index contributed by atoms with van der Waals surface area (Å²) in [5.41, 5.74) is 0.653. The molecule has 1 aromatic heterocycles. The standard InChI is InChI=1S/C19H30N2O2S/c1-15(5-4-9-19(2,3)23)13-18-21(17(22)14-24-18)12-8-16-6-10-20-11-7-16/h6-7,10-11,15,18,23H,4-5,8-9,12-14H2,1-3H3. The molecule has 1 N–H and O–H groups in total. The van der Waals surface area contributed by atoms with Crippen LogP contribution < -0.4 is 0 Å². The molecular formula is C19H30N2O2S. The average Bonchev–Trinajstić information content (AvgIpc) is 2.85. The molecule has 2 atom stereocenters. The van der Waals surface area contributed by atoms with Crippen LogP contribution in [0.2, 0.25) is 0 Å². The van der Waals surface area contributed by atoms with Crippen molar-refractivity contribution in [3.63, 3.8) is 0 Å². The van der Waals surface area contributed by atoms with E-state index < -0.39 is 5.60 Å². The molecule has 0 radical (unpaired) electrons. The van der Waals surface area contributed by atoms with E-state index in [1.54, 1.807) is 24.2 Å². The molecule has 5 heteroatoms. The number of carbonyl (C=O) groups excluding carboxylic acids is 1. The van der Waals surface area contributed by atoms with Gasteiger partial charge >= 0.3 is 0 Å². The quantitative estimate of drug-likeness (QED) is 0.741. The number of amides is 1. The van der Waals surface area contributed by atoms with Crippen LogP contribution in [0.1, 0.15) is 52.0 Å². The van der Waals surface area contributed by atoms with Crippen LogP contribution in [0, 0.1) is 5.92 Å². The summed E-state index contributed by atoms with van der Waals surface area (Å²) < 4.78 is 0. The molecule has 4 nitrogen and oxygen atoms in total. The fourth-order valence-corrected chi connectivity index (χ4v) is 4.48. The van der Waals surface area contributed by atoms with Crippen molar-refractivity contribution in [2.24, 2.45) is 5.92 Å². The molecule has 0 aliphatic carbocycles. The third-order valence-electron chi connectivity index (χ3n) is 4.55. The van der Waals surface area contributed by atoms with Crippen LogP contribution in [-0.2, 0) is 11.2 Å². The maximum Gasteiger partial charge on any atom is 0.233 e. The van der Waals surface area contributed by atoms with Crippen molar-refractivity contribution in [3.05, 3.63) is 30.1 Å². The minimum absolute atomic E-state index is 0.266. The molecule has 1 aliphatic heterocycles. The van der Waals surface area contributed by atoms with Crippen molar-refractivity contribution in [1.29, 1.82) is 0 Å². The summed E-state index contributed by atoms with van der Waals surface area (Å²) in [6, 6.07) is 4.03. The summed E-state index contributed by atoms with van der Waals surface area (Å²) in [6.07, 6.45) is 8.51. The first kappa shape index (κ1) is 19.3. The summed E-state index contributed by atoms with van der Waals surface area (Å²) in [4.78, 5) is 18.3. The molecular weight excluding hydrogens is 320 g/mol. The first-order valence-electron chi connectivity index (χ1n) is 8.87. The Morgan fingerprint density at radius 1 is 1.42 bits per heavy atom.